The van der Waals surface area contributed by atoms with Gasteiger partial charge < -0.3 is 15.1 Å². The molecule has 0 radical (unpaired) electrons. The number of nitrogens with one attached hydrogen (secondary N) is 2. The summed E-state index contributed by atoms with van der Waals surface area (Å²) in [6, 6.07) is 14.5. The van der Waals surface area contributed by atoms with Crippen molar-refractivity contribution in [1.82, 2.24) is 0 Å². The number of rotatable bonds is 6. The fourth-order valence-corrected chi connectivity index (χ4v) is 2.85. The van der Waals surface area contributed by atoms with Crippen molar-refractivity contribution >= 4 is 23.2 Å². The van der Waals surface area contributed by atoms with Gasteiger partial charge in [0, 0.05) is 17.8 Å². The van der Waals surface area contributed by atoms with Gasteiger partial charge in [-0.3, -0.25) is 9.59 Å². The van der Waals surface area contributed by atoms with Crippen LogP contribution in [0.3, 0.4) is 0 Å². The smallest absolute Gasteiger partial charge is 0.416 e. The first-order valence-corrected chi connectivity index (χ1v) is 9.14. The number of hydrogen-bond acceptors (Lipinski definition) is 3. The number of amides is 2. The van der Waals surface area contributed by atoms with Crippen molar-refractivity contribution in [3.63, 3.8) is 0 Å². The normalized spacial score (nSPS) is 12.3. The van der Waals surface area contributed by atoms with E-state index in [4.69, 9.17) is 4.42 Å². The van der Waals surface area contributed by atoms with Crippen molar-refractivity contribution in [3.8, 4) is 0 Å². The second-order valence-corrected chi connectivity index (χ2v) is 6.78. The lowest BCUT2D eigenvalue weighted by molar-refractivity contribution is -0.137. The van der Waals surface area contributed by atoms with Gasteiger partial charge in [-0.1, -0.05) is 19.1 Å². The van der Waals surface area contributed by atoms with E-state index >= 15 is 0 Å². The second kappa shape index (κ2) is 8.86. The van der Waals surface area contributed by atoms with E-state index in [2.05, 4.69) is 10.6 Å². The zero-order chi connectivity index (χ0) is 21.7. The lowest BCUT2D eigenvalue weighted by Crippen LogP contribution is -2.15. The van der Waals surface area contributed by atoms with Crippen LogP contribution in [0, 0.1) is 0 Å². The zero-order valence-corrected chi connectivity index (χ0v) is 16.0. The molecule has 3 aromatic rings. The quantitative estimate of drug-likeness (QED) is 0.543. The van der Waals surface area contributed by atoms with Crippen LogP contribution in [0.1, 0.15) is 40.9 Å². The predicted molar refractivity (Wildman–Crippen MR) is 106 cm³/mol. The molecule has 2 aromatic carbocycles. The molecule has 5 nitrogen and oxygen atoms in total. The molecule has 156 valence electrons. The minimum atomic E-state index is -4.39. The van der Waals surface area contributed by atoms with E-state index in [0.717, 1.165) is 12.1 Å². The predicted octanol–water partition coefficient (Wildman–Crippen LogP) is 5.68. The molecule has 1 atom stereocenters. The molecule has 0 aliphatic heterocycles. The Morgan fingerprint density at radius 1 is 0.933 bits per heavy atom. The third-order valence-electron chi connectivity index (χ3n) is 4.47. The van der Waals surface area contributed by atoms with E-state index in [1.54, 1.807) is 43.3 Å². The van der Waals surface area contributed by atoms with E-state index in [-0.39, 0.29) is 29.9 Å². The molecule has 1 heterocycles. The number of benzene rings is 2. The standard InChI is InChI=1S/C22H19F3N2O3/c1-14(15-4-6-16(7-5-15)22(23,24)25)13-20(28)26-17-8-10-18(11-9-17)27-21(29)19-3-2-12-30-19/h2-12,14H,13H2,1H3,(H,26,28)(H,27,29). The zero-order valence-electron chi connectivity index (χ0n) is 16.0. The van der Waals surface area contributed by atoms with Crippen LogP contribution in [-0.4, -0.2) is 11.8 Å². The van der Waals surface area contributed by atoms with Crippen LogP contribution in [-0.2, 0) is 11.0 Å². The van der Waals surface area contributed by atoms with Crippen LogP contribution in [0.2, 0.25) is 0 Å². The fraction of sp³-hybridized carbons (Fsp3) is 0.182. The molecule has 2 N–H and O–H groups in total. The third kappa shape index (κ3) is 5.50. The maximum atomic E-state index is 12.7. The molecule has 0 aliphatic rings. The van der Waals surface area contributed by atoms with Crippen LogP contribution in [0.25, 0.3) is 0 Å². The Kier molecular flexibility index (Phi) is 6.25. The van der Waals surface area contributed by atoms with Gasteiger partial charge in [0.1, 0.15) is 0 Å². The molecule has 0 saturated heterocycles. The monoisotopic (exact) mass is 416 g/mol. The molecular formula is C22H19F3N2O3. The average Bonchev–Trinajstić information content (AvgIpc) is 3.24. The summed E-state index contributed by atoms with van der Waals surface area (Å²) in [7, 11) is 0. The van der Waals surface area contributed by atoms with Crippen molar-refractivity contribution < 1.29 is 27.2 Å². The van der Waals surface area contributed by atoms with Gasteiger partial charge in [-0.2, -0.15) is 13.2 Å². The highest BCUT2D eigenvalue weighted by molar-refractivity contribution is 6.02. The number of alkyl halides is 3. The summed E-state index contributed by atoms with van der Waals surface area (Å²) in [6.45, 7) is 1.77. The lowest BCUT2D eigenvalue weighted by atomic mass is 9.96. The highest BCUT2D eigenvalue weighted by Crippen LogP contribution is 2.30. The van der Waals surface area contributed by atoms with Gasteiger partial charge in [-0.15, -0.1) is 0 Å². The van der Waals surface area contributed by atoms with Crippen molar-refractivity contribution in [1.29, 1.82) is 0 Å². The molecule has 8 heteroatoms. The van der Waals surface area contributed by atoms with Crippen LogP contribution in [0.15, 0.2) is 71.3 Å². The minimum Gasteiger partial charge on any atom is -0.459 e. The largest absolute Gasteiger partial charge is 0.459 e. The van der Waals surface area contributed by atoms with Gasteiger partial charge >= 0.3 is 6.18 Å². The Labute approximate surface area is 170 Å². The summed E-state index contributed by atoms with van der Waals surface area (Å²) in [5.74, 6) is -0.722. The average molecular weight is 416 g/mol. The van der Waals surface area contributed by atoms with Gasteiger partial charge in [-0.05, 0) is 60.0 Å². The van der Waals surface area contributed by atoms with Crippen molar-refractivity contribution in [2.75, 3.05) is 10.6 Å². The summed E-state index contributed by atoms with van der Waals surface area (Å²) in [6.07, 6.45) is -2.87. The number of hydrogen-bond donors (Lipinski definition) is 2. The van der Waals surface area contributed by atoms with E-state index in [9.17, 15) is 22.8 Å². The van der Waals surface area contributed by atoms with Gasteiger partial charge in [0.2, 0.25) is 5.91 Å². The Morgan fingerprint density at radius 3 is 2.07 bits per heavy atom. The molecule has 0 saturated carbocycles. The molecule has 2 amide bonds. The third-order valence-corrected chi connectivity index (χ3v) is 4.47. The summed E-state index contributed by atoms with van der Waals surface area (Å²) in [4.78, 5) is 24.2. The number of halogens is 3. The second-order valence-electron chi connectivity index (χ2n) is 6.78. The van der Waals surface area contributed by atoms with Gasteiger partial charge in [0.15, 0.2) is 5.76 Å². The van der Waals surface area contributed by atoms with E-state index in [1.807, 2.05) is 0 Å². The summed E-state index contributed by atoms with van der Waals surface area (Å²) in [5.41, 5.74) is 0.999. The Hall–Kier alpha value is -3.55. The lowest BCUT2D eigenvalue weighted by Gasteiger charge is -2.14. The Morgan fingerprint density at radius 2 is 1.53 bits per heavy atom. The van der Waals surface area contributed by atoms with E-state index in [0.29, 0.717) is 16.9 Å². The first-order valence-electron chi connectivity index (χ1n) is 9.14. The van der Waals surface area contributed by atoms with Gasteiger partial charge in [-0.25, -0.2) is 0 Å². The van der Waals surface area contributed by atoms with Crippen LogP contribution in [0.4, 0.5) is 24.5 Å². The maximum absolute atomic E-state index is 12.7. The number of anilines is 2. The molecule has 0 spiro atoms. The summed E-state index contributed by atoms with van der Waals surface area (Å²) in [5, 5.41) is 5.40. The summed E-state index contributed by atoms with van der Waals surface area (Å²) >= 11 is 0. The van der Waals surface area contributed by atoms with Crippen LogP contribution >= 0.6 is 0 Å². The van der Waals surface area contributed by atoms with E-state index in [1.165, 1.54) is 18.4 Å². The molecular weight excluding hydrogens is 397 g/mol. The first-order chi connectivity index (χ1) is 14.2. The topological polar surface area (TPSA) is 71.3 Å². The molecule has 1 aromatic heterocycles. The number of furan rings is 1. The Bertz CT molecular complexity index is 996. The first kappa shape index (κ1) is 21.2. The molecule has 30 heavy (non-hydrogen) atoms. The molecule has 0 bridgehead atoms. The SMILES string of the molecule is CC(CC(=O)Nc1ccc(NC(=O)c2ccco2)cc1)c1ccc(C(F)(F)F)cc1. The van der Waals surface area contributed by atoms with Crippen LogP contribution in [0.5, 0.6) is 0 Å². The maximum Gasteiger partial charge on any atom is 0.416 e. The number of carbonyl (C=O) groups is 2. The highest BCUT2D eigenvalue weighted by Gasteiger charge is 2.30. The highest BCUT2D eigenvalue weighted by atomic mass is 19.4. The van der Waals surface area contributed by atoms with Crippen molar-refractivity contribution in [2.45, 2.75) is 25.4 Å². The van der Waals surface area contributed by atoms with Crippen molar-refractivity contribution in [3.05, 3.63) is 83.8 Å². The molecule has 1 unspecified atom stereocenters. The van der Waals surface area contributed by atoms with Crippen LogP contribution < -0.4 is 10.6 Å². The van der Waals surface area contributed by atoms with E-state index < -0.39 is 11.7 Å². The Balaban J connectivity index is 1.53. The molecule has 0 fully saturated rings. The number of carbonyl (C=O) groups excluding carboxylic acids is 2. The van der Waals surface area contributed by atoms with Crippen molar-refractivity contribution in [2.24, 2.45) is 0 Å². The van der Waals surface area contributed by atoms with Gasteiger partial charge in [0.05, 0.1) is 11.8 Å². The minimum absolute atomic E-state index is 0.113. The fourth-order valence-electron chi connectivity index (χ4n) is 2.85. The molecule has 3 rings (SSSR count). The molecule has 0 aliphatic carbocycles. The van der Waals surface area contributed by atoms with Gasteiger partial charge in [0.25, 0.3) is 5.91 Å². The summed E-state index contributed by atoms with van der Waals surface area (Å²) < 4.78 is 43.0.